The third kappa shape index (κ3) is 1.89. The summed E-state index contributed by atoms with van der Waals surface area (Å²) in [6.45, 7) is 0. The van der Waals surface area contributed by atoms with Crippen LogP contribution in [0.1, 0.15) is 0 Å². The molecule has 1 aromatic carbocycles. The van der Waals surface area contributed by atoms with Gasteiger partial charge in [-0.15, -0.1) is 0 Å². The van der Waals surface area contributed by atoms with Crippen LogP contribution >= 0.6 is 12.2 Å². The van der Waals surface area contributed by atoms with Crippen LogP contribution in [0.3, 0.4) is 0 Å². The van der Waals surface area contributed by atoms with Crippen molar-refractivity contribution in [1.29, 1.82) is 0 Å². The van der Waals surface area contributed by atoms with E-state index in [-0.39, 0.29) is 10.3 Å². The lowest BCUT2D eigenvalue weighted by molar-refractivity contribution is 0.182. The van der Waals surface area contributed by atoms with Gasteiger partial charge < -0.3 is 10.2 Å². The molecule has 1 aromatic heterocycles. The third-order valence-electron chi connectivity index (χ3n) is 1.87. The van der Waals surface area contributed by atoms with Crippen LogP contribution in [0.2, 0.25) is 0 Å². The van der Waals surface area contributed by atoms with Crippen LogP contribution in [-0.2, 0) is 0 Å². The Labute approximate surface area is 88.6 Å². The molecule has 0 aliphatic rings. The van der Waals surface area contributed by atoms with Gasteiger partial charge in [0.2, 0.25) is 4.77 Å². The van der Waals surface area contributed by atoms with Crippen molar-refractivity contribution in [3.8, 4) is 11.3 Å². The Morgan fingerprint density at radius 2 is 1.80 bits per heavy atom. The SMILES string of the molecule is On1cc(-c2cc(F)cc(F)c2)[nH]c1=S. The van der Waals surface area contributed by atoms with E-state index in [1.807, 2.05) is 0 Å². The zero-order chi connectivity index (χ0) is 11.0. The van der Waals surface area contributed by atoms with Gasteiger partial charge >= 0.3 is 0 Å². The largest absolute Gasteiger partial charge is 0.426 e. The molecule has 0 fully saturated rings. The molecule has 6 heteroatoms. The number of H-pyrrole nitrogens is 1. The van der Waals surface area contributed by atoms with Gasteiger partial charge in [-0.1, -0.05) is 0 Å². The summed E-state index contributed by atoms with van der Waals surface area (Å²) in [5.74, 6) is -1.37. The Balaban J connectivity index is 2.58. The number of hydrogen-bond donors (Lipinski definition) is 2. The van der Waals surface area contributed by atoms with E-state index < -0.39 is 11.6 Å². The van der Waals surface area contributed by atoms with Gasteiger partial charge in [0.05, 0.1) is 11.9 Å². The zero-order valence-corrected chi connectivity index (χ0v) is 8.18. The van der Waals surface area contributed by atoms with Crippen LogP contribution in [0.25, 0.3) is 11.3 Å². The highest BCUT2D eigenvalue weighted by molar-refractivity contribution is 7.71. The molecular weight excluding hydrogens is 222 g/mol. The number of aromatic amines is 1. The molecule has 1 heterocycles. The fourth-order valence-electron chi connectivity index (χ4n) is 1.24. The highest BCUT2D eigenvalue weighted by atomic mass is 32.1. The summed E-state index contributed by atoms with van der Waals surface area (Å²) in [6, 6.07) is 3.06. The first-order valence-corrected chi connectivity index (χ1v) is 4.44. The maximum atomic E-state index is 12.9. The van der Waals surface area contributed by atoms with Gasteiger partial charge in [-0.3, -0.25) is 0 Å². The molecular formula is C9H6F2N2OS. The van der Waals surface area contributed by atoms with E-state index in [1.165, 1.54) is 6.20 Å². The van der Waals surface area contributed by atoms with Gasteiger partial charge in [0.15, 0.2) is 0 Å². The second kappa shape index (κ2) is 3.47. The topological polar surface area (TPSA) is 41.0 Å². The number of halogens is 2. The average Bonchev–Trinajstić information content (AvgIpc) is 2.45. The number of nitrogens with one attached hydrogen (secondary N) is 1. The van der Waals surface area contributed by atoms with Crippen LogP contribution in [-0.4, -0.2) is 14.9 Å². The van der Waals surface area contributed by atoms with E-state index in [4.69, 9.17) is 17.4 Å². The number of benzene rings is 1. The summed E-state index contributed by atoms with van der Waals surface area (Å²) in [5, 5.41) is 9.13. The fourth-order valence-corrected chi connectivity index (χ4v) is 1.40. The van der Waals surface area contributed by atoms with E-state index in [1.54, 1.807) is 0 Å². The van der Waals surface area contributed by atoms with E-state index in [2.05, 4.69) is 4.98 Å². The minimum absolute atomic E-state index is 0.0645. The first-order valence-electron chi connectivity index (χ1n) is 4.03. The van der Waals surface area contributed by atoms with Crippen LogP contribution in [0.4, 0.5) is 8.78 Å². The van der Waals surface area contributed by atoms with Gasteiger partial charge in [0.25, 0.3) is 0 Å². The van der Waals surface area contributed by atoms with E-state index >= 15 is 0 Å². The van der Waals surface area contributed by atoms with Crippen molar-refractivity contribution < 1.29 is 14.0 Å². The molecule has 0 bridgehead atoms. The number of rotatable bonds is 1. The molecule has 15 heavy (non-hydrogen) atoms. The number of aromatic nitrogens is 2. The second-order valence-corrected chi connectivity index (χ2v) is 3.36. The van der Waals surface area contributed by atoms with Crippen LogP contribution in [0.15, 0.2) is 24.4 Å². The quantitative estimate of drug-likeness (QED) is 0.582. The molecule has 0 spiro atoms. The van der Waals surface area contributed by atoms with Crippen molar-refractivity contribution in [3.63, 3.8) is 0 Å². The molecule has 0 unspecified atom stereocenters. The van der Waals surface area contributed by atoms with Crippen LogP contribution < -0.4 is 0 Å². The third-order valence-corrected chi connectivity index (χ3v) is 2.16. The van der Waals surface area contributed by atoms with Gasteiger partial charge in [0.1, 0.15) is 11.6 Å². The van der Waals surface area contributed by atoms with Crippen LogP contribution in [0.5, 0.6) is 0 Å². The molecule has 2 aromatic rings. The summed E-state index contributed by atoms with van der Waals surface area (Å²) in [6.07, 6.45) is 1.25. The van der Waals surface area contributed by atoms with E-state index in [0.29, 0.717) is 10.4 Å². The summed E-state index contributed by atoms with van der Waals surface area (Å²) in [5.41, 5.74) is 0.632. The average molecular weight is 228 g/mol. The van der Waals surface area contributed by atoms with Gasteiger partial charge in [-0.05, 0) is 24.4 Å². The Bertz CT molecular complexity index is 541. The van der Waals surface area contributed by atoms with Crippen molar-refractivity contribution in [3.05, 3.63) is 40.8 Å². The van der Waals surface area contributed by atoms with E-state index in [9.17, 15) is 8.78 Å². The van der Waals surface area contributed by atoms with Crippen LogP contribution in [0, 0.1) is 16.4 Å². The molecule has 0 aliphatic carbocycles. The second-order valence-electron chi connectivity index (χ2n) is 2.98. The lowest BCUT2D eigenvalue weighted by Crippen LogP contribution is -1.85. The summed E-state index contributed by atoms with van der Waals surface area (Å²) in [4.78, 5) is 2.61. The Hall–Kier alpha value is -1.69. The first-order chi connectivity index (χ1) is 7.06. The Morgan fingerprint density at radius 1 is 1.20 bits per heavy atom. The molecule has 3 nitrogen and oxygen atoms in total. The number of imidazole rings is 1. The van der Waals surface area contributed by atoms with Crippen molar-refractivity contribution >= 4 is 12.2 Å². The number of hydrogen-bond acceptors (Lipinski definition) is 2. The summed E-state index contributed by atoms with van der Waals surface area (Å²) in [7, 11) is 0. The molecule has 2 N–H and O–H groups in total. The molecule has 78 valence electrons. The zero-order valence-electron chi connectivity index (χ0n) is 7.37. The van der Waals surface area contributed by atoms with E-state index in [0.717, 1.165) is 18.2 Å². The summed E-state index contributed by atoms with van der Waals surface area (Å²) < 4.78 is 26.5. The first kappa shape index (κ1) is 9.85. The Kier molecular flexibility index (Phi) is 2.28. The Morgan fingerprint density at radius 3 is 2.27 bits per heavy atom. The van der Waals surface area contributed by atoms with Crippen molar-refractivity contribution in [2.24, 2.45) is 0 Å². The van der Waals surface area contributed by atoms with Crippen molar-refractivity contribution in [2.45, 2.75) is 0 Å². The van der Waals surface area contributed by atoms with Crippen molar-refractivity contribution in [2.75, 3.05) is 0 Å². The number of nitrogens with zero attached hydrogens (tertiary/aromatic N) is 1. The smallest absolute Gasteiger partial charge is 0.211 e. The molecule has 0 amide bonds. The molecule has 0 aliphatic heterocycles. The van der Waals surface area contributed by atoms with Crippen molar-refractivity contribution in [1.82, 2.24) is 9.71 Å². The predicted octanol–water partition coefficient (Wildman–Crippen LogP) is 2.73. The summed E-state index contributed by atoms with van der Waals surface area (Å²) >= 11 is 4.71. The molecule has 0 saturated heterocycles. The minimum Gasteiger partial charge on any atom is -0.426 e. The standard InChI is InChI=1S/C9H6F2N2OS/c10-6-1-5(2-7(11)3-6)8-4-13(14)9(15)12-8/h1-4,14H,(H,12,15). The predicted molar refractivity (Wildman–Crippen MR) is 52.2 cm³/mol. The molecule has 0 radical (unpaired) electrons. The highest BCUT2D eigenvalue weighted by Crippen LogP contribution is 2.19. The normalized spacial score (nSPS) is 10.5. The lowest BCUT2D eigenvalue weighted by Gasteiger charge is -1.97. The maximum Gasteiger partial charge on any atom is 0.211 e. The minimum atomic E-state index is -0.685. The molecule has 0 saturated carbocycles. The van der Waals surface area contributed by atoms with Gasteiger partial charge in [0, 0.05) is 11.6 Å². The highest BCUT2D eigenvalue weighted by Gasteiger charge is 2.06. The molecule has 2 rings (SSSR count). The molecule has 0 atom stereocenters. The maximum absolute atomic E-state index is 12.9. The van der Waals surface area contributed by atoms with Gasteiger partial charge in [-0.2, -0.15) is 4.73 Å². The monoisotopic (exact) mass is 228 g/mol. The van der Waals surface area contributed by atoms with Gasteiger partial charge in [-0.25, -0.2) is 8.78 Å². The fraction of sp³-hybridized carbons (Fsp3) is 0. The lowest BCUT2D eigenvalue weighted by atomic mass is 10.1.